The van der Waals surface area contributed by atoms with Gasteiger partial charge in [0.2, 0.25) is 5.91 Å². The average molecular weight is 394 g/mol. The van der Waals surface area contributed by atoms with Gasteiger partial charge in [-0.3, -0.25) is 15.0 Å². The highest BCUT2D eigenvalue weighted by molar-refractivity contribution is 5.98. The maximum absolute atomic E-state index is 13.2. The molecule has 1 aromatic carbocycles. The SMILES string of the molecule is CC(C)C1=NNC2C(=O)N(CC(=O)Nc3cccc(C#N)c3)C3CCCCC3N12. The highest BCUT2D eigenvalue weighted by Crippen LogP contribution is 2.35. The fraction of sp³-hybridized carbons (Fsp3) is 0.524. The average Bonchev–Trinajstić information content (AvgIpc) is 3.17. The van der Waals surface area contributed by atoms with Crippen LogP contribution in [0.5, 0.6) is 0 Å². The summed E-state index contributed by atoms with van der Waals surface area (Å²) in [6, 6.07) is 9.02. The molecular formula is C21H26N6O2. The summed E-state index contributed by atoms with van der Waals surface area (Å²) in [5.41, 5.74) is 4.04. The van der Waals surface area contributed by atoms with Gasteiger partial charge in [0, 0.05) is 11.6 Å². The molecule has 3 atom stereocenters. The second-order valence-corrected chi connectivity index (χ2v) is 8.19. The van der Waals surface area contributed by atoms with Crippen molar-refractivity contribution in [3.63, 3.8) is 0 Å². The molecule has 3 unspecified atom stereocenters. The Morgan fingerprint density at radius 1 is 1.34 bits per heavy atom. The predicted octanol–water partition coefficient (Wildman–Crippen LogP) is 1.85. The zero-order chi connectivity index (χ0) is 20.5. The maximum atomic E-state index is 13.2. The van der Waals surface area contributed by atoms with Gasteiger partial charge in [-0.2, -0.15) is 10.4 Å². The monoisotopic (exact) mass is 394 g/mol. The number of rotatable bonds is 4. The summed E-state index contributed by atoms with van der Waals surface area (Å²) in [6.45, 7) is 4.17. The molecule has 2 amide bonds. The van der Waals surface area contributed by atoms with Crippen LogP contribution in [0, 0.1) is 17.2 Å². The molecule has 0 spiro atoms. The molecular weight excluding hydrogens is 368 g/mol. The zero-order valence-electron chi connectivity index (χ0n) is 16.8. The number of nitrogens with one attached hydrogen (secondary N) is 2. The highest BCUT2D eigenvalue weighted by Gasteiger charge is 2.51. The van der Waals surface area contributed by atoms with Gasteiger partial charge in [-0.05, 0) is 31.0 Å². The Kier molecular flexibility index (Phi) is 5.14. The maximum Gasteiger partial charge on any atom is 0.268 e. The van der Waals surface area contributed by atoms with Crippen molar-refractivity contribution in [2.24, 2.45) is 11.0 Å². The third-order valence-corrected chi connectivity index (χ3v) is 5.92. The molecule has 8 nitrogen and oxygen atoms in total. The van der Waals surface area contributed by atoms with Crippen LogP contribution >= 0.6 is 0 Å². The van der Waals surface area contributed by atoms with E-state index in [4.69, 9.17) is 5.26 Å². The summed E-state index contributed by atoms with van der Waals surface area (Å²) >= 11 is 0. The molecule has 1 aromatic rings. The van der Waals surface area contributed by atoms with E-state index in [1.54, 1.807) is 29.2 Å². The lowest BCUT2D eigenvalue weighted by atomic mass is 9.85. The lowest BCUT2D eigenvalue weighted by molar-refractivity contribution is -0.151. The Bertz CT molecular complexity index is 889. The van der Waals surface area contributed by atoms with Gasteiger partial charge >= 0.3 is 0 Å². The van der Waals surface area contributed by atoms with Crippen molar-refractivity contribution >= 4 is 23.3 Å². The molecule has 1 saturated heterocycles. The number of hydrogen-bond acceptors (Lipinski definition) is 6. The number of carbonyl (C=O) groups is 2. The Hall–Kier alpha value is -3.08. The number of hydrazone groups is 1. The first-order valence-electron chi connectivity index (χ1n) is 10.2. The van der Waals surface area contributed by atoms with Gasteiger partial charge in [-0.1, -0.05) is 32.8 Å². The molecule has 1 aliphatic carbocycles. The van der Waals surface area contributed by atoms with E-state index in [1.807, 2.05) is 0 Å². The van der Waals surface area contributed by atoms with E-state index in [2.05, 4.69) is 40.7 Å². The van der Waals surface area contributed by atoms with E-state index >= 15 is 0 Å². The predicted molar refractivity (Wildman–Crippen MR) is 109 cm³/mol. The Balaban J connectivity index is 1.52. The van der Waals surface area contributed by atoms with Crippen molar-refractivity contribution in [1.82, 2.24) is 15.2 Å². The van der Waals surface area contributed by atoms with Crippen molar-refractivity contribution in [2.75, 3.05) is 11.9 Å². The normalized spacial score (nSPS) is 25.7. The first kappa shape index (κ1) is 19.2. The smallest absolute Gasteiger partial charge is 0.268 e. The van der Waals surface area contributed by atoms with Crippen LogP contribution in [-0.2, 0) is 9.59 Å². The zero-order valence-corrected chi connectivity index (χ0v) is 16.8. The number of carbonyl (C=O) groups excluding carboxylic acids is 2. The van der Waals surface area contributed by atoms with Gasteiger partial charge in [0.15, 0.2) is 6.17 Å². The summed E-state index contributed by atoms with van der Waals surface area (Å²) in [4.78, 5) is 29.8. The molecule has 0 aromatic heterocycles. The lowest BCUT2D eigenvalue weighted by Crippen LogP contribution is -2.70. The molecule has 1 saturated carbocycles. The van der Waals surface area contributed by atoms with Crippen LogP contribution in [0.3, 0.4) is 0 Å². The summed E-state index contributed by atoms with van der Waals surface area (Å²) in [5, 5.41) is 16.3. The number of fused-ring (bicyclic) bond motifs is 3. The molecule has 2 fully saturated rings. The van der Waals surface area contributed by atoms with E-state index in [1.165, 1.54) is 0 Å². The van der Waals surface area contributed by atoms with Crippen LogP contribution in [0.25, 0.3) is 0 Å². The van der Waals surface area contributed by atoms with Gasteiger partial charge < -0.3 is 15.1 Å². The van der Waals surface area contributed by atoms with Gasteiger partial charge in [0.25, 0.3) is 5.91 Å². The number of anilines is 1. The van der Waals surface area contributed by atoms with Gasteiger partial charge in [-0.25, -0.2) is 0 Å². The molecule has 8 heteroatoms. The van der Waals surface area contributed by atoms with Gasteiger partial charge in [-0.15, -0.1) is 0 Å². The van der Waals surface area contributed by atoms with E-state index in [0.717, 1.165) is 31.5 Å². The first-order chi connectivity index (χ1) is 14.0. The lowest BCUT2D eigenvalue weighted by Gasteiger charge is -2.51. The summed E-state index contributed by atoms with van der Waals surface area (Å²) in [6.07, 6.45) is 3.52. The van der Waals surface area contributed by atoms with Crippen molar-refractivity contribution in [2.45, 2.75) is 57.8 Å². The summed E-state index contributed by atoms with van der Waals surface area (Å²) in [5.74, 6) is 0.797. The van der Waals surface area contributed by atoms with Crippen LogP contribution in [0.1, 0.15) is 45.1 Å². The van der Waals surface area contributed by atoms with Crippen LogP contribution in [0.2, 0.25) is 0 Å². The topological polar surface area (TPSA) is 101 Å². The van der Waals surface area contributed by atoms with E-state index in [-0.39, 0.29) is 36.4 Å². The number of amidine groups is 1. The number of nitrogens with zero attached hydrogens (tertiary/aromatic N) is 4. The first-order valence-corrected chi connectivity index (χ1v) is 10.2. The minimum atomic E-state index is -0.526. The number of hydrogen-bond donors (Lipinski definition) is 2. The minimum Gasteiger partial charge on any atom is -0.325 e. The van der Waals surface area contributed by atoms with Crippen LogP contribution < -0.4 is 10.7 Å². The largest absolute Gasteiger partial charge is 0.325 e. The second kappa shape index (κ2) is 7.74. The molecule has 2 aliphatic heterocycles. The molecule has 4 rings (SSSR count). The molecule has 2 N–H and O–H groups in total. The fourth-order valence-corrected chi connectivity index (χ4v) is 4.66. The van der Waals surface area contributed by atoms with E-state index < -0.39 is 6.17 Å². The van der Waals surface area contributed by atoms with Crippen molar-refractivity contribution < 1.29 is 9.59 Å². The second-order valence-electron chi connectivity index (χ2n) is 8.19. The summed E-state index contributed by atoms with van der Waals surface area (Å²) < 4.78 is 0. The van der Waals surface area contributed by atoms with Crippen molar-refractivity contribution in [3.8, 4) is 6.07 Å². The molecule has 0 bridgehead atoms. The Morgan fingerprint density at radius 3 is 2.83 bits per heavy atom. The molecule has 152 valence electrons. The minimum absolute atomic E-state index is 0.000185. The third-order valence-electron chi connectivity index (χ3n) is 5.92. The Labute approximate surface area is 170 Å². The van der Waals surface area contributed by atoms with Gasteiger partial charge in [0.1, 0.15) is 12.4 Å². The fourth-order valence-electron chi connectivity index (χ4n) is 4.66. The molecule has 29 heavy (non-hydrogen) atoms. The summed E-state index contributed by atoms with van der Waals surface area (Å²) in [7, 11) is 0. The molecule has 3 aliphatic rings. The number of benzene rings is 1. The van der Waals surface area contributed by atoms with Crippen LogP contribution in [0.4, 0.5) is 5.69 Å². The highest BCUT2D eigenvalue weighted by atomic mass is 16.2. The van der Waals surface area contributed by atoms with Crippen molar-refractivity contribution in [3.05, 3.63) is 29.8 Å². The molecule has 2 heterocycles. The molecule has 0 radical (unpaired) electrons. The third kappa shape index (κ3) is 3.53. The number of nitriles is 1. The van der Waals surface area contributed by atoms with Gasteiger partial charge in [0.05, 0.1) is 23.7 Å². The quantitative estimate of drug-likeness (QED) is 0.812. The van der Waals surface area contributed by atoms with Crippen LogP contribution in [0.15, 0.2) is 29.4 Å². The number of piperazine rings is 1. The van der Waals surface area contributed by atoms with E-state index in [0.29, 0.717) is 11.3 Å². The standard InChI is InChI=1S/C21H26N6O2/c1-13(2)19-24-25-20-21(29)26(16-8-3-4-9-17(16)27(19)20)12-18(28)23-15-7-5-6-14(10-15)11-22/h5-7,10,13,16-17,20,25H,3-4,8-9,12H2,1-2H3,(H,23,28). The number of amides is 2. The van der Waals surface area contributed by atoms with Crippen LogP contribution in [-0.4, -0.2) is 52.2 Å². The Morgan fingerprint density at radius 2 is 2.10 bits per heavy atom. The van der Waals surface area contributed by atoms with Crippen molar-refractivity contribution in [1.29, 1.82) is 5.26 Å². The van der Waals surface area contributed by atoms with E-state index in [9.17, 15) is 9.59 Å².